The van der Waals surface area contributed by atoms with Crippen molar-refractivity contribution in [2.75, 3.05) is 25.9 Å². The van der Waals surface area contributed by atoms with Gasteiger partial charge in [0.1, 0.15) is 12.1 Å². The van der Waals surface area contributed by atoms with Crippen molar-refractivity contribution in [1.29, 1.82) is 0 Å². The van der Waals surface area contributed by atoms with Gasteiger partial charge in [0.25, 0.3) is 0 Å². The zero-order valence-electron chi connectivity index (χ0n) is 19.1. The van der Waals surface area contributed by atoms with Crippen LogP contribution >= 0.6 is 11.8 Å². The highest BCUT2D eigenvalue weighted by Gasteiger charge is 2.25. The van der Waals surface area contributed by atoms with Crippen LogP contribution in [0, 0.1) is 5.92 Å². The Balaban J connectivity index is 1.49. The number of fused-ring (bicyclic) bond motifs is 1. The lowest BCUT2D eigenvalue weighted by Crippen LogP contribution is -2.26. The Labute approximate surface area is 200 Å². The van der Waals surface area contributed by atoms with Gasteiger partial charge in [-0.3, -0.25) is 9.89 Å². The van der Waals surface area contributed by atoms with Crippen molar-refractivity contribution >= 4 is 34.7 Å². The van der Waals surface area contributed by atoms with Gasteiger partial charge in [0.15, 0.2) is 22.1 Å². The quantitative estimate of drug-likeness (QED) is 0.414. The van der Waals surface area contributed by atoms with Gasteiger partial charge in [-0.05, 0) is 43.0 Å². The van der Waals surface area contributed by atoms with Crippen LogP contribution < -0.4 is 10.5 Å². The summed E-state index contributed by atoms with van der Waals surface area (Å²) in [5.41, 5.74) is 9.34. The fraction of sp³-hybridized carbons (Fsp3) is 0.348. The summed E-state index contributed by atoms with van der Waals surface area (Å²) in [6, 6.07) is 7.85. The highest BCUT2D eigenvalue weighted by molar-refractivity contribution is 7.99. The molecular formula is C23H26N8O2S. The number of amides is 1. The topological polar surface area (TPSA) is 128 Å². The summed E-state index contributed by atoms with van der Waals surface area (Å²) in [6.07, 6.45) is 5.12. The molecule has 0 spiro atoms. The fourth-order valence-electron chi connectivity index (χ4n) is 4.32. The van der Waals surface area contributed by atoms with Gasteiger partial charge in [-0.1, -0.05) is 11.8 Å². The van der Waals surface area contributed by atoms with Crippen molar-refractivity contribution in [3.8, 4) is 17.0 Å². The SMILES string of the molecule is COc1ccc(-c2ccn[nH]2)c(Sc2nc3c(N)ncnc3n2CCC2CCN(C(C)=O)C2)c1. The minimum Gasteiger partial charge on any atom is -0.497 e. The molecule has 11 heteroatoms. The van der Waals surface area contributed by atoms with Crippen LogP contribution in [0.2, 0.25) is 0 Å². The number of aromatic nitrogens is 6. The molecule has 0 aliphatic carbocycles. The Bertz CT molecular complexity index is 1320. The second-order valence-corrected chi connectivity index (χ2v) is 9.33. The molecule has 1 atom stereocenters. The number of methoxy groups -OCH3 is 1. The number of hydrogen-bond acceptors (Lipinski definition) is 8. The monoisotopic (exact) mass is 478 g/mol. The van der Waals surface area contributed by atoms with Crippen molar-refractivity contribution in [2.24, 2.45) is 5.92 Å². The van der Waals surface area contributed by atoms with E-state index in [1.165, 1.54) is 18.1 Å². The van der Waals surface area contributed by atoms with Crippen LogP contribution in [0.3, 0.4) is 0 Å². The molecule has 34 heavy (non-hydrogen) atoms. The van der Waals surface area contributed by atoms with E-state index in [2.05, 4.69) is 24.7 Å². The van der Waals surface area contributed by atoms with Gasteiger partial charge in [-0.2, -0.15) is 5.10 Å². The number of carbonyl (C=O) groups is 1. The van der Waals surface area contributed by atoms with E-state index < -0.39 is 0 Å². The van der Waals surface area contributed by atoms with E-state index in [1.54, 1.807) is 20.2 Å². The molecule has 10 nitrogen and oxygen atoms in total. The molecule has 3 aromatic heterocycles. The number of nitrogens with zero attached hydrogens (tertiary/aromatic N) is 6. The molecule has 1 aliphatic rings. The number of nitrogens with one attached hydrogen (secondary N) is 1. The Morgan fingerprint density at radius 3 is 2.94 bits per heavy atom. The molecule has 1 amide bonds. The first kappa shape index (κ1) is 22.2. The minimum absolute atomic E-state index is 0.136. The summed E-state index contributed by atoms with van der Waals surface area (Å²) >= 11 is 1.53. The maximum absolute atomic E-state index is 11.7. The van der Waals surface area contributed by atoms with Gasteiger partial charge in [0.05, 0.1) is 12.8 Å². The molecular weight excluding hydrogens is 452 g/mol. The van der Waals surface area contributed by atoms with Gasteiger partial charge in [-0.25, -0.2) is 15.0 Å². The van der Waals surface area contributed by atoms with Crippen molar-refractivity contribution in [3.05, 3.63) is 36.8 Å². The number of likely N-dealkylation sites (tertiary alicyclic amines) is 1. The summed E-state index contributed by atoms with van der Waals surface area (Å²) in [5, 5.41) is 7.91. The fourth-order valence-corrected chi connectivity index (χ4v) is 5.40. The maximum atomic E-state index is 11.7. The predicted octanol–water partition coefficient (Wildman–Crippen LogP) is 3.22. The van der Waals surface area contributed by atoms with E-state index in [0.717, 1.165) is 59.5 Å². The molecule has 1 unspecified atom stereocenters. The predicted molar refractivity (Wildman–Crippen MR) is 129 cm³/mol. The van der Waals surface area contributed by atoms with Gasteiger partial charge < -0.3 is 19.9 Å². The van der Waals surface area contributed by atoms with Crippen LogP contribution in [0.4, 0.5) is 5.82 Å². The molecule has 4 aromatic rings. The number of anilines is 1. The molecule has 5 rings (SSSR count). The summed E-state index contributed by atoms with van der Waals surface area (Å²) in [5.74, 6) is 1.68. The Kier molecular flexibility index (Phi) is 6.10. The molecule has 0 saturated carbocycles. The van der Waals surface area contributed by atoms with E-state index in [4.69, 9.17) is 15.5 Å². The summed E-state index contributed by atoms with van der Waals surface area (Å²) in [7, 11) is 1.65. The van der Waals surface area contributed by atoms with Crippen LogP contribution in [-0.4, -0.2) is 60.7 Å². The number of benzene rings is 1. The summed E-state index contributed by atoms with van der Waals surface area (Å²) in [4.78, 5) is 28.1. The summed E-state index contributed by atoms with van der Waals surface area (Å²) in [6.45, 7) is 3.96. The molecule has 1 saturated heterocycles. The van der Waals surface area contributed by atoms with E-state index in [0.29, 0.717) is 22.9 Å². The Hall–Kier alpha value is -3.60. The molecule has 0 radical (unpaired) electrons. The Morgan fingerprint density at radius 1 is 1.32 bits per heavy atom. The van der Waals surface area contributed by atoms with Crippen LogP contribution in [0.25, 0.3) is 22.4 Å². The number of nitrogens with two attached hydrogens (primary N) is 1. The maximum Gasteiger partial charge on any atom is 0.219 e. The number of H-pyrrole nitrogens is 1. The van der Waals surface area contributed by atoms with Crippen molar-refractivity contribution < 1.29 is 9.53 Å². The molecule has 4 heterocycles. The van der Waals surface area contributed by atoms with Crippen molar-refractivity contribution in [3.63, 3.8) is 0 Å². The number of hydrogen-bond donors (Lipinski definition) is 2. The number of carbonyl (C=O) groups excluding carboxylic acids is 1. The lowest BCUT2D eigenvalue weighted by Gasteiger charge is -2.15. The first-order valence-corrected chi connectivity index (χ1v) is 11.9. The molecule has 1 aromatic carbocycles. The number of rotatable bonds is 7. The van der Waals surface area contributed by atoms with Gasteiger partial charge in [0, 0.05) is 43.2 Å². The molecule has 176 valence electrons. The molecule has 3 N–H and O–H groups in total. The Morgan fingerprint density at radius 2 is 2.21 bits per heavy atom. The standard InChI is InChI=1S/C23H26N8O2S/c1-14(32)30-9-6-15(12-30)7-10-31-22-20(21(24)25-13-26-22)28-23(31)34-19-11-16(33-2)3-4-17(19)18-5-8-27-29-18/h3-5,8,11,13,15H,6-7,9-10,12H2,1-2H3,(H,27,29)(H2,24,25,26). The van der Waals surface area contributed by atoms with Crippen molar-refractivity contribution in [1.82, 2.24) is 34.6 Å². The zero-order valence-corrected chi connectivity index (χ0v) is 19.9. The number of nitrogen functional groups attached to an aromatic ring is 1. The number of ether oxygens (including phenoxy) is 1. The van der Waals surface area contributed by atoms with E-state index >= 15 is 0 Å². The average molecular weight is 479 g/mol. The molecule has 1 fully saturated rings. The lowest BCUT2D eigenvalue weighted by molar-refractivity contribution is -0.127. The highest BCUT2D eigenvalue weighted by Crippen LogP contribution is 2.39. The average Bonchev–Trinajstić information content (AvgIpc) is 3.59. The minimum atomic E-state index is 0.136. The number of aromatic amines is 1. The van der Waals surface area contributed by atoms with Gasteiger partial charge in [0.2, 0.25) is 5.91 Å². The third-order valence-corrected chi connectivity index (χ3v) is 7.25. The first-order valence-electron chi connectivity index (χ1n) is 11.1. The third-order valence-electron chi connectivity index (χ3n) is 6.20. The normalized spacial score (nSPS) is 15.8. The van der Waals surface area contributed by atoms with Crippen LogP contribution in [0.15, 0.2) is 46.8 Å². The summed E-state index contributed by atoms with van der Waals surface area (Å²) < 4.78 is 7.58. The lowest BCUT2D eigenvalue weighted by atomic mass is 10.1. The van der Waals surface area contributed by atoms with Crippen LogP contribution in [-0.2, 0) is 11.3 Å². The van der Waals surface area contributed by atoms with Crippen LogP contribution in [0.1, 0.15) is 19.8 Å². The zero-order chi connectivity index (χ0) is 23.7. The first-order chi connectivity index (χ1) is 16.5. The smallest absolute Gasteiger partial charge is 0.219 e. The number of aryl methyl sites for hydroxylation is 1. The second kappa shape index (κ2) is 9.34. The molecule has 0 bridgehead atoms. The van der Waals surface area contributed by atoms with Gasteiger partial charge >= 0.3 is 0 Å². The van der Waals surface area contributed by atoms with Crippen LogP contribution in [0.5, 0.6) is 5.75 Å². The van der Waals surface area contributed by atoms with Crippen molar-refractivity contribution in [2.45, 2.75) is 36.4 Å². The second-order valence-electron chi connectivity index (χ2n) is 8.32. The van der Waals surface area contributed by atoms with E-state index in [9.17, 15) is 4.79 Å². The highest BCUT2D eigenvalue weighted by atomic mass is 32.2. The van der Waals surface area contributed by atoms with E-state index in [-0.39, 0.29) is 5.91 Å². The van der Waals surface area contributed by atoms with Gasteiger partial charge in [-0.15, -0.1) is 0 Å². The number of imidazole rings is 1. The van der Waals surface area contributed by atoms with E-state index in [1.807, 2.05) is 29.2 Å². The third kappa shape index (κ3) is 4.30. The largest absolute Gasteiger partial charge is 0.497 e. The molecule has 1 aliphatic heterocycles.